The van der Waals surface area contributed by atoms with Crippen LogP contribution < -0.4 is 5.73 Å². The van der Waals surface area contributed by atoms with Crippen molar-refractivity contribution in [1.82, 2.24) is 4.90 Å². The number of hydrogen-bond acceptors (Lipinski definition) is 3. The van der Waals surface area contributed by atoms with Crippen molar-refractivity contribution in [2.45, 2.75) is 12.5 Å². The van der Waals surface area contributed by atoms with Crippen LogP contribution in [0.25, 0.3) is 0 Å². The maximum absolute atomic E-state index is 11.0. The monoisotopic (exact) mass is 144 g/mol. The van der Waals surface area contributed by atoms with E-state index >= 15 is 0 Å². The van der Waals surface area contributed by atoms with Gasteiger partial charge in [-0.05, 0) is 6.42 Å². The molecule has 1 aliphatic heterocycles. The molecule has 0 aromatic heterocycles. The number of nitrogens with zero attached hydrogens (tertiary/aromatic N) is 1. The van der Waals surface area contributed by atoms with Gasteiger partial charge in [-0.25, -0.2) is 0 Å². The van der Waals surface area contributed by atoms with E-state index < -0.39 is 0 Å². The van der Waals surface area contributed by atoms with E-state index in [0.29, 0.717) is 13.1 Å². The Labute approximate surface area is 59.6 Å². The number of carbonyl (C=O) groups excluding carboxylic acids is 1. The van der Waals surface area contributed by atoms with Crippen molar-refractivity contribution in [1.29, 1.82) is 0 Å². The van der Waals surface area contributed by atoms with Gasteiger partial charge in [0.1, 0.15) is 0 Å². The van der Waals surface area contributed by atoms with Crippen LogP contribution in [0.15, 0.2) is 0 Å². The van der Waals surface area contributed by atoms with E-state index in [0.717, 1.165) is 6.42 Å². The van der Waals surface area contributed by atoms with Crippen molar-refractivity contribution in [3.05, 3.63) is 0 Å². The Morgan fingerprint density at radius 1 is 1.80 bits per heavy atom. The first-order valence-corrected chi connectivity index (χ1v) is 3.41. The number of amides is 1. The van der Waals surface area contributed by atoms with Crippen molar-refractivity contribution in [2.75, 3.05) is 19.7 Å². The van der Waals surface area contributed by atoms with Gasteiger partial charge >= 0.3 is 0 Å². The average Bonchev–Trinajstić information content (AvgIpc) is 2.20. The lowest BCUT2D eigenvalue weighted by atomic mass is 10.3. The highest BCUT2D eigenvalue weighted by molar-refractivity contribution is 5.83. The minimum absolute atomic E-state index is 0.0262. The second-order valence-electron chi connectivity index (χ2n) is 2.44. The Morgan fingerprint density at radius 3 is 2.90 bits per heavy atom. The Hall–Kier alpha value is -0.610. The number of likely N-dealkylation sites (tertiary alicyclic amines) is 1. The summed E-state index contributed by atoms with van der Waals surface area (Å²) >= 11 is 0. The third-order valence-corrected chi connectivity index (χ3v) is 1.71. The van der Waals surface area contributed by atoms with Crippen LogP contribution in [-0.2, 0) is 4.79 Å². The summed E-state index contributed by atoms with van der Waals surface area (Å²) in [4.78, 5) is 12.6. The molecule has 1 atom stereocenters. The number of hydrogen-bond donors (Lipinski definition) is 2. The molecule has 0 aromatic rings. The van der Waals surface area contributed by atoms with Gasteiger partial charge in [-0.15, -0.1) is 0 Å². The Bertz CT molecular complexity index is 136. The van der Waals surface area contributed by atoms with E-state index in [-0.39, 0.29) is 18.6 Å². The lowest BCUT2D eigenvalue weighted by Gasteiger charge is -2.12. The number of nitrogens with two attached hydrogens (primary N) is 1. The van der Waals surface area contributed by atoms with Crippen molar-refractivity contribution in [3.63, 3.8) is 0 Å². The molecule has 0 aromatic carbocycles. The fraction of sp³-hybridized carbons (Fsp3) is 0.833. The van der Waals surface area contributed by atoms with Crippen LogP contribution in [0.1, 0.15) is 6.42 Å². The van der Waals surface area contributed by atoms with E-state index in [9.17, 15) is 4.79 Å². The lowest BCUT2D eigenvalue weighted by Crippen LogP contribution is -2.35. The highest BCUT2D eigenvalue weighted by atomic mass is 16.3. The molecule has 1 heterocycles. The molecule has 3 N–H and O–H groups in total. The summed E-state index contributed by atoms with van der Waals surface area (Å²) in [6, 6.07) is -0.327. The Balaban J connectivity index is 2.41. The quantitative estimate of drug-likeness (QED) is 0.497. The van der Waals surface area contributed by atoms with Gasteiger partial charge < -0.3 is 15.7 Å². The molecular weight excluding hydrogens is 132 g/mol. The normalized spacial score (nSPS) is 26.0. The van der Waals surface area contributed by atoms with Crippen molar-refractivity contribution < 1.29 is 9.90 Å². The molecular formula is C6H12N2O2. The van der Waals surface area contributed by atoms with E-state index in [2.05, 4.69) is 0 Å². The second kappa shape index (κ2) is 2.98. The third-order valence-electron chi connectivity index (χ3n) is 1.71. The van der Waals surface area contributed by atoms with Crippen LogP contribution in [-0.4, -0.2) is 41.7 Å². The van der Waals surface area contributed by atoms with Crippen LogP contribution >= 0.6 is 0 Å². The minimum Gasteiger partial charge on any atom is -0.395 e. The van der Waals surface area contributed by atoms with Crippen LogP contribution in [0.4, 0.5) is 0 Å². The fourth-order valence-corrected chi connectivity index (χ4v) is 1.11. The minimum atomic E-state index is -0.327. The number of carbonyl (C=O) groups is 1. The molecule has 10 heavy (non-hydrogen) atoms. The number of rotatable bonds is 2. The zero-order valence-electron chi connectivity index (χ0n) is 5.79. The van der Waals surface area contributed by atoms with E-state index in [4.69, 9.17) is 10.8 Å². The summed E-state index contributed by atoms with van der Waals surface area (Å²) in [6.07, 6.45) is 0.721. The van der Waals surface area contributed by atoms with Crippen LogP contribution in [0, 0.1) is 0 Å². The second-order valence-corrected chi connectivity index (χ2v) is 2.44. The van der Waals surface area contributed by atoms with Crippen molar-refractivity contribution >= 4 is 5.91 Å². The molecule has 1 saturated heterocycles. The molecule has 1 fully saturated rings. The predicted molar refractivity (Wildman–Crippen MR) is 36.3 cm³/mol. The molecule has 0 saturated carbocycles. The first-order chi connectivity index (χ1) is 4.75. The molecule has 1 rings (SSSR count). The van der Waals surface area contributed by atoms with Gasteiger partial charge in [-0.2, -0.15) is 0 Å². The molecule has 0 aliphatic carbocycles. The summed E-state index contributed by atoms with van der Waals surface area (Å²) in [6.45, 7) is 1.14. The summed E-state index contributed by atoms with van der Waals surface area (Å²) in [5.41, 5.74) is 5.43. The van der Waals surface area contributed by atoms with Gasteiger partial charge in [0.25, 0.3) is 0 Å². The molecule has 1 amide bonds. The van der Waals surface area contributed by atoms with Gasteiger partial charge in [0.2, 0.25) is 5.91 Å². The molecule has 58 valence electrons. The summed E-state index contributed by atoms with van der Waals surface area (Å²) < 4.78 is 0. The first kappa shape index (κ1) is 7.50. The predicted octanol–water partition coefficient (Wildman–Crippen LogP) is -1.46. The van der Waals surface area contributed by atoms with E-state index in [1.807, 2.05) is 0 Å². The molecule has 4 heteroatoms. The number of β-amino-alcohol motifs (C(OH)–C–C–N with tert-alkyl or cyclic N) is 1. The maximum atomic E-state index is 11.0. The van der Waals surface area contributed by atoms with Gasteiger partial charge in [0.05, 0.1) is 12.6 Å². The maximum Gasteiger partial charge on any atom is 0.239 e. The highest BCUT2D eigenvalue weighted by Crippen LogP contribution is 2.07. The lowest BCUT2D eigenvalue weighted by molar-refractivity contribution is -0.129. The summed E-state index contributed by atoms with van der Waals surface area (Å²) in [5, 5.41) is 8.50. The SMILES string of the molecule is NC1CCN(CCO)C1=O. The molecule has 1 aliphatic rings. The standard InChI is InChI=1S/C6H12N2O2/c7-5-1-2-8(3-4-9)6(5)10/h5,9H,1-4,7H2. The van der Waals surface area contributed by atoms with Crippen LogP contribution in [0.5, 0.6) is 0 Å². The first-order valence-electron chi connectivity index (χ1n) is 3.41. The van der Waals surface area contributed by atoms with Crippen molar-refractivity contribution in [2.24, 2.45) is 5.73 Å². The van der Waals surface area contributed by atoms with Gasteiger partial charge in [-0.3, -0.25) is 4.79 Å². The van der Waals surface area contributed by atoms with Crippen molar-refractivity contribution in [3.8, 4) is 0 Å². The Kier molecular flexibility index (Phi) is 2.24. The third kappa shape index (κ3) is 1.27. The smallest absolute Gasteiger partial charge is 0.239 e. The number of aliphatic hydroxyl groups excluding tert-OH is 1. The van der Waals surface area contributed by atoms with Gasteiger partial charge in [-0.1, -0.05) is 0 Å². The molecule has 0 spiro atoms. The zero-order valence-corrected chi connectivity index (χ0v) is 5.79. The van der Waals surface area contributed by atoms with E-state index in [1.54, 1.807) is 4.90 Å². The van der Waals surface area contributed by atoms with E-state index in [1.165, 1.54) is 0 Å². The molecule has 0 bridgehead atoms. The fourth-order valence-electron chi connectivity index (χ4n) is 1.11. The number of aliphatic hydroxyl groups is 1. The summed E-state index contributed by atoms with van der Waals surface area (Å²) in [5.74, 6) is -0.0333. The molecule has 1 unspecified atom stereocenters. The molecule has 0 radical (unpaired) electrons. The topological polar surface area (TPSA) is 66.6 Å². The van der Waals surface area contributed by atoms with Gasteiger partial charge in [0.15, 0.2) is 0 Å². The zero-order chi connectivity index (χ0) is 7.56. The Morgan fingerprint density at radius 2 is 2.50 bits per heavy atom. The average molecular weight is 144 g/mol. The summed E-state index contributed by atoms with van der Waals surface area (Å²) in [7, 11) is 0. The molecule has 4 nitrogen and oxygen atoms in total. The van der Waals surface area contributed by atoms with Crippen LogP contribution in [0.3, 0.4) is 0 Å². The highest BCUT2D eigenvalue weighted by Gasteiger charge is 2.27. The van der Waals surface area contributed by atoms with Gasteiger partial charge in [0, 0.05) is 13.1 Å². The van der Waals surface area contributed by atoms with Crippen LogP contribution in [0.2, 0.25) is 0 Å². The largest absolute Gasteiger partial charge is 0.395 e.